The van der Waals surface area contributed by atoms with Gasteiger partial charge in [-0.2, -0.15) is 0 Å². The molecule has 1 aromatic carbocycles. The van der Waals surface area contributed by atoms with E-state index in [9.17, 15) is 9.59 Å². The van der Waals surface area contributed by atoms with Gasteiger partial charge in [0.15, 0.2) is 0 Å². The summed E-state index contributed by atoms with van der Waals surface area (Å²) in [5.74, 6) is 0.741. The molecule has 4 rings (SSSR count). The van der Waals surface area contributed by atoms with Crippen molar-refractivity contribution in [3.8, 4) is 17.3 Å². The van der Waals surface area contributed by atoms with E-state index in [-0.39, 0.29) is 17.6 Å². The van der Waals surface area contributed by atoms with Gasteiger partial charge in [0, 0.05) is 31.5 Å². The van der Waals surface area contributed by atoms with Gasteiger partial charge in [0.25, 0.3) is 5.56 Å². The number of methoxy groups -OCH3 is 1. The number of ether oxygens (including phenoxy) is 2. The number of esters is 1. The first kappa shape index (κ1) is 23.5. The molecule has 1 aliphatic carbocycles. The lowest BCUT2D eigenvalue weighted by Gasteiger charge is -2.24. The molecule has 0 spiro atoms. The zero-order valence-corrected chi connectivity index (χ0v) is 20.2. The highest BCUT2D eigenvalue weighted by atomic mass is 16.5. The van der Waals surface area contributed by atoms with Crippen molar-refractivity contribution in [2.24, 2.45) is 0 Å². The van der Waals surface area contributed by atoms with E-state index in [4.69, 9.17) is 14.5 Å². The minimum atomic E-state index is -0.401. The number of fused-ring (bicyclic) bond motifs is 1. The van der Waals surface area contributed by atoms with Crippen LogP contribution in [0.5, 0.6) is 5.88 Å². The predicted octanol–water partition coefficient (Wildman–Crippen LogP) is 3.85. The smallest absolute Gasteiger partial charge is 0.302 e. The van der Waals surface area contributed by atoms with Crippen LogP contribution in [0.1, 0.15) is 49.3 Å². The lowest BCUT2D eigenvalue weighted by Crippen LogP contribution is -2.33. The third-order valence-corrected chi connectivity index (χ3v) is 6.21. The molecule has 2 atom stereocenters. The maximum atomic E-state index is 13.7. The van der Waals surface area contributed by atoms with Crippen LogP contribution in [-0.2, 0) is 28.9 Å². The highest BCUT2D eigenvalue weighted by molar-refractivity contribution is 5.67. The lowest BCUT2D eigenvalue weighted by atomic mass is 10.1. The molecule has 8 nitrogen and oxygen atoms in total. The van der Waals surface area contributed by atoms with Crippen molar-refractivity contribution >= 4 is 11.7 Å². The summed E-state index contributed by atoms with van der Waals surface area (Å²) in [7, 11) is 1.57. The summed E-state index contributed by atoms with van der Waals surface area (Å²) in [4.78, 5) is 34.9. The van der Waals surface area contributed by atoms with Gasteiger partial charge in [-0.25, -0.2) is 9.97 Å². The average Bonchev–Trinajstić information content (AvgIpc) is 3.16. The molecular weight excluding hydrogens is 432 g/mol. The van der Waals surface area contributed by atoms with Gasteiger partial charge in [-0.05, 0) is 37.5 Å². The number of hydrogen-bond donors (Lipinski definition) is 1. The third kappa shape index (κ3) is 4.27. The summed E-state index contributed by atoms with van der Waals surface area (Å²) in [6.07, 6.45) is 0.755. The Bertz CT molecular complexity index is 1280. The molecule has 2 heterocycles. The number of nitrogens with one attached hydrogen (secondary N) is 1. The maximum absolute atomic E-state index is 13.7. The van der Waals surface area contributed by atoms with Gasteiger partial charge in [-0.3, -0.25) is 14.2 Å². The molecule has 34 heavy (non-hydrogen) atoms. The molecule has 0 aliphatic heterocycles. The van der Waals surface area contributed by atoms with Crippen LogP contribution in [0.3, 0.4) is 0 Å². The standard InChI is InChI=1S/C26H30N4O4/c1-6-20-24(29-23-19-11-9-8-10-17(19)14-21(23)34-16(4)31)26(32)30(7-2)25(28-20)18-12-13-22(33-5)27-15(18)3/h8-13,21,23,29H,6-7,14H2,1-5H3/t21-,23+/m0/s1. The van der Waals surface area contributed by atoms with Crippen molar-refractivity contribution in [3.63, 3.8) is 0 Å². The second-order valence-corrected chi connectivity index (χ2v) is 8.32. The SMILES string of the molecule is CCc1nc(-c2ccc(OC)nc2C)n(CC)c(=O)c1N[C@@H]1c2ccccc2C[C@@H]1OC(C)=O. The molecule has 3 aromatic rings. The second-order valence-electron chi connectivity index (χ2n) is 8.32. The van der Waals surface area contributed by atoms with Crippen molar-refractivity contribution in [1.29, 1.82) is 0 Å². The Kier molecular flexibility index (Phi) is 6.68. The fraction of sp³-hybridized carbons (Fsp3) is 0.385. The van der Waals surface area contributed by atoms with Crippen molar-refractivity contribution in [3.05, 3.63) is 69.3 Å². The molecule has 0 radical (unpaired) electrons. The van der Waals surface area contributed by atoms with Crippen LogP contribution in [0, 0.1) is 6.92 Å². The number of carbonyl (C=O) groups excluding carboxylic acids is 1. The van der Waals surface area contributed by atoms with Crippen LogP contribution in [0.15, 0.2) is 41.2 Å². The number of aryl methyl sites for hydroxylation is 2. The first-order valence-electron chi connectivity index (χ1n) is 11.5. The molecule has 8 heteroatoms. The molecule has 2 aromatic heterocycles. The molecule has 1 N–H and O–H groups in total. The Morgan fingerprint density at radius 3 is 2.59 bits per heavy atom. The van der Waals surface area contributed by atoms with E-state index >= 15 is 0 Å². The van der Waals surface area contributed by atoms with Crippen LogP contribution in [0.25, 0.3) is 11.4 Å². The highest BCUT2D eigenvalue weighted by Crippen LogP contribution is 2.36. The summed E-state index contributed by atoms with van der Waals surface area (Å²) in [6, 6.07) is 11.3. The van der Waals surface area contributed by atoms with Gasteiger partial charge in [-0.15, -0.1) is 0 Å². The van der Waals surface area contributed by atoms with Crippen molar-refractivity contribution in [2.75, 3.05) is 12.4 Å². The highest BCUT2D eigenvalue weighted by Gasteiger charge is 2.36. The van der Waals surface area contributed by atoms with Gasteiger partial charge in [0.1, 0.15) is 17.6 Å². The van der Waals surface area contributed by atoms with E-state index in [0.29, 0.717) is 42.5 Å². The monoisotopic (exact) mass is 462 g/mol. The normalized spacial score (nSPS) is 16.7. The maximum Gasteiger partial charge on any atom is 0.302 e. The first-order valence-corrected chi connectivity index (χ1v) is 11.5. The zero-order chi connectivity index (χ0) is 24.4. The van der Waals surface area contributed by atoms with Crippen LogP contribution >= 0.6 is 0 Å². The second kappa shape index (κ2) is 9.67. The number of carbonyl (C=O) groups is 1. The Morgan fingerprint density at radius 2 is 1.94 bits per heavy atom. The number of rotatable bonds is 7. The quantitative estimate of drug-likeness (QED) is 0.533. The average molecular weight is 463 g/mol. The Labute approximate surface area is 199 Å². The molecule has 0 saturated carbocycles. The van der Waals surface area contributed by atoms with Gasteiger partial charge in [0.05, 0.1) is 24.5 Å². The number of anilines is 1. The Balaban J connectivity index is 1.81. The fourth-order valence-electron chi connectivity index (χ4n) is 4.59. The number of nitrogens with zero attached hydrogens (tertiary/aromatic N) is 3. The summed E-state index contributed by atoms with van der Waals surface area (Å²) in [6.45, 7) is 7.61. The molecular formula is C26H30N4O4. The first-order chi connectivity index (χ1) is 16.4. The molecule has 0 fully saturated rings. The molecule has 1 aliphatic rings. The Hall–Kier alpha value is -3.68. The summed E-state index contributed by atoms with van der Waals surface area (Å²) in [5, 5.41) is 3.42. The number of aromatic nitrogens is 3. The van der Waals surface area contributed by atoms with Crippen molar-refractivity contribution in [2.45, 2.75) is 59.2 Å². The van der Waals surface area contributed by atoms with Gasteiger partial charge in [-0.1, -0.05) is 31.2 Å². The van der Waals surface area contributed by atoms with Crippen LogP contribution in [-0.4, -0.2) is 33.7 Å². The van der Waals surface area contributed by atoms with Gasteiger partial charge >= 0.3 is 5.97 Å². The van der Waals surface area contributed by atoms with E-state index in [1.54, 1.807) is 17.7 Å². The Morgan fingerprint density at radius 1 is 1.18 bits per heavy atom. The van der Waals surface area contributed by atoms with E-state index in [1.165, 1.54) is 6.92 Å². The minimum absolute atomic E-state index is 0.162. The van der Waals surface area contributed by atoms with E-state index in [2.05, 4.69) is 10.3 Å². The van der Waals surface area contributed by atoms with Crippen LogP contribution < -0.4 is 15.6 Å². The van der Waals surface area contributed by atoms with Crippen molar-refractivity contribution in [1.82, 2.24) is 14.5 Å². The summed E-state index contributed by atoms with van der Waals surface area (Å²) >= 11 is 0. The lowest BCUT2D eigenvalue weighted by molar-refractivity contribution is -0.146. The molecule has 0 unspecified atom stereocenters. The zero-order valence-electron chi connectivity index (χ0n) is 20.2. The van der Waals surface area contributed by atoms with E-state index < -0.39 is 6.10 Å². The van der Waals surface area contributed by atoms with Crippen LogP contribution in [0.2, 0.25) is 0 Å². The number of hydrogen-bond acceptors (Lipinski definition) is 7. The third-order valence-electron chi connectivity index (χ3n) is 6.21. The fourth-order valence-corrected chi connectivity index (χ4v) is 4.59. The number of pyridine rings is 1. The molecule has 178 valence electrons. The summed E-state index contributed by atoms with van der Waals surface area (Å²) in [5.41, 5.74) is 4.57. The van der Waals surface area contributed by atoms with Gasteiger partial charge < -0.3 is 14.8 Å². The van der Waals surface area contributed by atoms with Gasteiger partial charge in [0.2, 0.25) is 5.88 Å². The van der Waals surface area contributed by atoms with E-state index in [0.717, 1.165) is 22.4 Å². The van der Waals surface area contributed by atoms with Crippen molar-refractivity contribution < 1.29 is 14.3 Å². The van der Waals surface area contributed by atoms with E-state index in [1.807, 2.05) is 51.1 Å². The van der Waals surface area contributed by atoms with Crippen LogP contribution in [0.4, 0.5) is 5.69 Å². The predicted molar refractivity (Wildman–Crippen MR) is 130 cm³/mol. The molecule has 0 saturated heterocycles. The summed E-state index contributed by atoms with van der Waals surface area (Å²) < 4.78 is 12.5. The topological polar surface area (TPSA) is 95.3 Å². The number of benzene rings is 1. The minimum Gasteiger partial charge on any atom is -0.481 e. The molecule has 0 amide bonds. The largest absolute Gasteiger partial charge is 0.481 e. The molecule has 0 bridgehead atoms.